The van der Waals surface area contributed by atoms with Crippen molar-refractivity contribution in [3.8, 4) is 0 Å². The number of hydrogen-bond acceptors (Lipinski definition) is 5. The average Bonchev–Trinajstić information content (AvgIpc) is 2.89. The molecule has 5 rings (SSSR count). The van der Waals surface area contributed by atoms with E-state index >= 15 is 0 Å². The molecule has 0 atom stereocenters. The lowest BCUT2D eigenvalue weighted by Crippen LogP contribution is -2.54. The molecule has 0 spiro atoms. The number of rotatable bonds is 6. The molecule has 0 aliphatic carbocycles. The third-order valence-corrected chi connectivity index (χ3v) is 6.43. The number of carbonyl (C=O) groups is 3. The minimum atomic E-state index is -0.791. The summed E-state index contributed by atoms with van der Waals surface area (Å²) in [5.74, 6) is -1.41. The predicted octanol–water partition coefficient (Wildman–Crippen LogP) is 4.48. The highest BCUT2D eigenvalue weighted by Gasteiger charge is 2.37. The van der Waals surface area contributed by atoms with Crippen molar-refractivity contribution in [2.75, 3.05) is 29.5 Å². The summed E-state index contributed by atoms with van der Waals surface area (Å²) in [5, 5.41) is 15.4. The molecule has 0 radical (unpaired) electrons. The number of amides is 4. The standard InChI is InChI=1S/C29H25N3O4/c1-2-31(15-16-33)21-11-13-22(14-12-21)32-28(35)26(27(34)30-29(32)36)18-25-23-9-5-3-7-19(23)17-20-8-4-6-10-24(20)25/h3-14,17-18,33H,2,15-16H2,1H3,(H,30,34,36)/b26-18+. The van der Waals surface area contributed by atoms with Crippen LogP contribution in [0.3, 0.4) is 0 Å². The summed E-state index contributed by atoms with van der Waals surface area (Å²) in [6.07, 6.45) is 1.58. The minimum Gasteiger partial charge on any atom is -0.395 e. The Morgan fingerprint density at radius 1 is 0.889 bits per heavy atom. The summed E-state index contributed by atoms with van der Waals surface area (Å²) in [4.78, 5) is 42.0. The molecule has 36 heavy (non-hydrogen) atoms. The number of likely N-dealkylation sites (N-methyl/N-ethyl adjacent to an activating group) is 1. The van der Waals surface area contributed by atoms with Gasteiger partial charge in [-0.2, -0.15) is 0 Å². The highest BCUT2D eigenvalue weighted by atomic mass is 16.3. The number of nitrogens with zero attached hydrogens (tertiary/aromatic N) is 2. The van der Waals surface area contributed by atoms with Crippen molar-refractivity contribution in [3.05, 3.63) is 90.0 Å². The fourth-order valence-corrected chi connectivity index (χ4v) is 4.64. The quantitative estimate of drug-likeness (QED) is 0.242. The molecule has 1 aliphatic rings. The van der Waals surface area contributed by atoms with Gasteiger partial charge in [-0.15, -0.1) is 0 Å². The highest BCUT2D eigenvalue weighted by Crippen LogP contribution is 2.32. The molecule has 1 aliphatic heterocycles. The molecule has 1 saturated heterocycles. The van der Waals surface area contributed by atoms with Crippen LogP contribution in [0, 0.1) is 0 Å². The van der Waals surface area contributed by atoms with Gasteiger partial charge in [0.1, 0.15) is 5.57 Å². The van der Waals surface area contributed by atoms with Crippen LogP contribution in [0.2, 0.25) is 0 Å². The molecule has 0 bridgehead atoms. The molecule has 4 aromatic carbocycles. The Morgan fingerprint density at radius 2 is 1.50 bits per heavy atom. The van der Waals surface area contributed by atoms with Gasteiger partial charge >= 0.3 is 6.03 Å². The van der Waals surface area contributed by atoms with Crippen molar-refractivity contribution >= 4 is 56.8 Å². The monoisotopic (exact) mass is 479 g/mol. The first kappa shape index (κ1) is 23.3. The lowest BCUT2D eigenvalue weighted by molar-refractivity contribution is -0.122. The van der Waals surface area contributed by atoms with E-state index in [0.717, 1.165) is 37.7 Å². The van der Waals surface area contributed by atoms with E-state index in [0.29, 0.717) is 18.8 Å². The van der Waals surface area contributed by atoms with E-state index in [9.17, 15) is 19.5 Å². The Kier molecular flexibility index (Phi) is 6.23. The summed E-state index contributed by atoms with van der Waals surface area (Å²) in [6.45, 7) is 3.16. The van der Waals surface area contributed by atoms with Crippen molar-refractivity contribution in [2.24, 2.45) is 0 Å². The molecule has 4 amide bonds. The van der Waals surface area contributed by atoms with Gasteiger partial charge in [0.25, 0.3) is 11.8 Å². The topological polar surface area (TPSA) is 89.9 Å². The average molecular weight is 480 g/mol. The molecule has 1 heterocycles. The van der Waals surface area contributed by atoms with Crippen LogP contribution in [0.1, 0.15) is 12.5 Å². The van der Waals surface area contributed by atoms with Crippen molar-refractivity contribution in [3.63, 3.8) is 0 Å². The van der Waals surface area contributed by atoms with Gasteiger partial charge in [0.05, 0.1) is 12.3 Å². The summed E-state index contributed by atoms with van der Waals surface area (Å²) < 4.78 is 0. The molecule has 2 N–H and O–H groups in total. The van der Waals surface area contributed by atoms with Crippen LogP contribution < -0.4 is 15.1 Å². The number of hydrogen-bond donors (Lipinski definition) is 2. The second-order valence-corrected chi connectivity index (χ2v) is 8.51. The molecule has 180 valence electrons. The molecular formula is C29H25N3O4. The molecule has 0 aromatic heterocycles. The second-order valence-electron chi connectivity index (χ2n) is 8.51. The van der Waals surface area contributed by atoms with Crippen LogP contribution in [-0.2, 0) is 9.59 Å². The van der Waals surface area contributed by atoms with Gasteiger partial charge in [-0.3, -0.25) is 14.9 Å². The maximum Gasteiger partial charge on any atom is 0.335 e. The summed E-state index contributed by atoms with van der Waals surface area (Å²) in [5.41, 5.74) is 1.83. The zero-order chi connectivity index (χ0) is 25.2. The number of barbiturate groups is 1. The fourth-order valence-electron chi connectivity index (χ4n) is 4.64. The SMILES string of the molecule is CCN(CCO)c1ccc(N2C(=O)NC(=O)/C(=C\c3c4ccccc4cc4ccccc34)C2=O)cc1. The predicted molar refractivity (Wildman–Crippen MR) is 142 cm³/mol. The number of imide groups is 2. The third kappa shape index (κ3) is 4.10. The van der Waals surface area contributed by atoms with Crippen molar-refractivity contribution in [2.45, 2.75) is 6.92 Å². The Bertz CT molecular complexity index is 1470. The fraction of sp³-hybridized carbons (Fsp3) is 0.138. The van der Waals surface area contributed by atoms with Gasteiger partial charge in [0.15, 0.2) is 0 Å². The van der Waals surface area contributed by atoms with Gasteiger partial charge in [-0.1, -0.05) is 48.5 Å². The molecule has 4 aromatic rings. The van der Waals surface area contributed by atoms with E-state index < -0.39 is 17.8 Å². The normalized spacial score (nSPS) is 15.1. The lowest BCUT2D eigenvalue weighted by Gasteiger charge is -2.27. The van der Waals surface area contributed by atoms with Crippen LogP contribution in [0.4, 0.5) is 16.2 Å². The summed E-state index contributed by atoms with van der Waals surface area (Å²) in [7, 11) is 0. The zero-order valence-corrected chi connectivity index (χ0v) is 19.8. The molecule has 7 nitrogen and oxygen atoms in total. The number of fused-ring (bicyclic) bond motifs is 2. The number of benzene rings is 4. The first-order valence-corrected chi connectivity index (χ1v) is 11.8. The van der Waals surface area contributed by atoms with E-state index in [1.165, 1.54) is 0 Å². The number of urea groups is 1. The molecule has 7 heteroatoms. The van der Waals surface area contributed by atoms with E-state index in [-0.39, 0.29) is 12.2 Å². The van der Waals surface area contributed by atoms with E-state index in [1.807, 2.05) is 60.4 Å². The first-order valence-electron chi connectivity index (χ1n) is 11.8. The Morgan fingerprint density at radius 3 is 2.08 bits per heavy atom. The summed E-state index contributed by atoms with van der Waals surface area (Å²) in [6, 6.07) is 23.8. The van der Waals surface area contributed by atoms with Crippen LogP contribution in [-0.4, -0.2) is 42.6 Å². The molecule has 1 fully saturated rings. The molecular weight excluding hydrogens is 454 g/mol. The highest BCUT2D eigenvalue weighted by molar-refractivity contribution is 6.39. The maximum atomic E-state index is 13.5. The minimum absolute atomic E-state index is 0.0156. The van der Waals surface area contributed by atoms with E-state index in [4.69, 9.17) is 0 Å². The number of anilines is 2. The van der Waals surface area contributed by atoms with E-state index in [1.54, 1.807) is 30.3 Å². The van der Waals surface area contributed by atoms with Gasteiger partial charge in [0, 0.05) is 18.8 Å². The number of nitrogens with one attached hydrogen (secondary N) is 1. The Balaban J connectivity index is 1.59. The molecule has 0 saturated carbocycles. The first-order chi connectivity index (χ1) is 17.5. The van der Waals surface area contributed by atoms with Gasteiger partial charge in [-0.25, -0.2) is 9.69 Å². The number of aliphatic hydroxyl groups excluding tert-OH is 1. The Hall–Kier alpha value is -4.49. The van der Waals surface area contributed by atoms with Gasteiger partial charge in [0.2, 0.25) is 0 Å². The lowest BCUT2D eigenvalue weighted by atomic mass is 9.94. The van der Waals surface area contributed by atoms with Crippen molar-refractivity contribution in [1.82, 2.24) is 5.32 Å². The van der Waals surface area contributed by atoms with Crippen LogP contribution in [0.15, 0.2) is 84.4 Å². The van der Waals surface area contributed by atoms with Gasteiger partial charge in [-0.05, 0) is 70.4 Å². The zero-order valence-electron chi connectivity index (χ0n) is 19.8. The van der Waals surface area contributed by atoms with Crippen LogP contribution in [0.25, 0.3) is 27.6 Å². The van der Waals surface area contributed by atoms with Gasteiger partial charge < -0.3 is 10.0 Å². The van der Waals surface area contributed by atoms with Crippen LogP contribution in [0.5, 0.6) is 0 Å². The van der Waals surface area contributed by atoms with Crippen LogP contribution >= 0.6 is 0 Å². The third-order valence-electron chi connectivity index (χ3n) is 6.43. The smallest absolute Gasteiger partial charge is 0.335 e. The van der Waals surface area contributed by atoms with Crippen molar-refractivity contribution in [1.29, 1.82) is 0 Å². The number of carbonyl (C=O) groups excluding carboxylic acids is 3. The largest absolute Gasteiger partial charge is 0.395 e. The van der Waals surface area contributed by atoms with E-state index in [2.05, 4.69) is 11.4 Å². The van der Waals surface area contributed by atoms with Crippen molar-refractivity contribution < 1.29 is 19.5 Å². The number of aliphatic hydroxyl groups is 1. The summed E-state index contributed by atoms with van der Waals surface area (Å²) >= 11 is 0. The second kappa shape index (κ2) is 9.64. The Labute approximate surface area is 208 Å². The maximum absolute atomic E-state index is 13.5. The molecule has 0 unspecified atom stereocenters.